The summed E-state index contributed by atoms with van der Waals surface area (Å²) >= 11 is 0. The molecule has 1 aromatic rings. The van der Waals surface area contributed by atoms with E-state index in [2.05, 4.69) is 9.97 Å². The van der Waals surface area contributed by atoms with Gasteiger partial charge in [-0.1, -0.05) is 6.92 Å². The Bertz CT molecular complexity index is 495. The van der Waals surface area contributed by atoms with Crippen molar-refractivity contribution in [3.05, 3.63) is 17.8 Å². The van der Waals surface area contributed by atoms with Crippen molar-refractivity contribution in [1.82, 2.24) is 9.97 Å². The summed E-state index contributed by atoms with van der Waals surface area (Å²) in [5.74, 6) is -0.376. The van der Waals surface area contributed by atoms with Crippen molar-refractivity contribution in [3.8, 4) is 0 Å². The zero-order chi connectivity index (χ0) is 14.0. The number of aromatic nitrogens is 2. The molecule has 1 unspecified atom stereocenters. The van der Waals surface area contributed by atoms with Crippen LogP contribution in [-0.2, 0) is 16.0 Å². The second-order valence-corrected chi connectivity index (χ2v) is 5.04. The van der Waals surface area contributed by atoms with Gasteiger partial charge < -0.3 is 9.64 Å². The minimum absolute atomic E-state index is 0.264. The van der Waals surface area contributed by atoms with Crippen LogP contribution in [0.25, 0.3) is 0 Å². The average molecular weight is 267 g/mol. The highest BCUT2D eigenvalue weighted by Gasteiger charge is 2.42. The van der Waals surface area contributed by atoms with Gasteiger partial charge in [0.25, 0.3) is 0 Å². The molecule has 1 aliphatic heterocycles. The summed E-state index contributed by atoms with van der Waals surface area (Å²) in [6, 6.07) is 0. The van der Waals surface area contributed by atoms with Crippen LogP contribution in [0.5, 0.6) is 0 Å². The van der Waals surface area contributed by atoms with Gasteiger partial charge in [0.05, 0.1) is 18.2 Å². The Hall–Kier alpha value is -1.72. The highest BCUT2D eigenvalue weighted by atomic mass is 19.1. The van der Waals surface area contributed by atoms with Crippen LogP contribution in [0, 0.1) is 11.2 Å². The number of carbonyl (C=O) groups excluding carboxylic acids is 1. The van der Waals surface area contributed by atoms with Crippen molar-refractivity contribution < 1.29 is 13.9 Å². The molecule has 1 atom stereocenters. The molecule has 0 amide bonds. The summed E-state index contributed by atoms with van der Waals surface area (Å²) in [5.41, 5.74) is -0.199. The number of methoxy groups -OCH3 is 1. The van der Waals surface area contributed by atoms with Crippen LogP contribution in [0.15, 0.2) is 6.33 Å². The Labute approximate surface area is 111 Å². The van der Waals surface area contributed by atoms with Gasteiger partial charge >= 0.3 is 5.97 Å². The molecule has 2 heterocycles. The first-order valence-corrected chi connectivity index (χ1v) is 6.34. The number of hydrogen-bond acceptors (Lipinski definition) is 5. The fourth-order valence-electron chi connectivity index (χ4n) is 2.42. The van der Waals surface area contributed by atoms with Gasteiger partial charge in [0.1, 0.15) is 6.33 Å². The normalized spacial score (nSPS) is 22.6. The van der Waals surface area contributed by atoms with Crippen molar-refractivity contribution in [2.45, 2.75) is 26.7 Å². The van der Waals surface area contributed by atoms with Crippen molar-refractivity contribution >= 4 is 11.8 Å². The van der Waals surface area contributed by atoms with E-state index < -0.39 is 5.41 Å². The Kier molecular flexibility index (Phi) is 3.68. The summed E-state index contributed by atoms with van der Waals surface area (Å²) in [6.07, 6.45) is 2.51. The molecule has 0 aromatic carbocycles. The molecule has 0 radical (unpaired) electrons. The summed E-state index contributed by atoms with van der Waals surface area (Å²) < 4.78 is 19.0. The second kappa shape index (κ2) is 5.11. The SMILES string of the molecule is CCc1ncnc(N2CCC(C)(C(=O)OC)C2)c1F. The number of carbonyl (C=O) groups is 1. The Balaban J connectivity index is 2.24. The van der Waals surface area contributed by atoms with E-state index in [0.717, 1.165) is 0 Å². The van der Waals surface area contributed by atoms with Crippen LogP contribution in [0.4, 0.5) is 10.2 Å². The Morgan fingerprint density at radius 1 is 1.58 bits per heavy atom. The third kappa shape index (κ3) is 2.39. The monoisotopic (exact) mass is 267 g/mol. The summed E-state index contributed by atoms with van der Waals surface area (Å²) in [5, 5.41) is 0. The number of nitrogens with zero attached hydrogens (tertiary/aromatic N) is 3. The molecule has 0 saturated carbocycles. The lowest BCUT2D eigenvalue weighted by atomic mass is 9.90. The molecular weight excluding hydrogens is 249 g/mol. The number of esters is 1. The maximum Gasteiger partial charge on any atom is 0.313 e. The molecule has 0 aliphatic carbocycles. The smallest absolute Gasteiger partial charge is 0.313 e. The summed E-state index contributed by atoms with van der Waals surface area (Å²) in [7, 11) is 1.37. The van der Waals surface area contributed by atoms with E-state index in [-0.39, 0.29) is 17.6 Å². The van der Waals surface area contributed by atoms with E-state index in [1.165, 1.54) is 13.4 Å². The highest BCUT2D eigenvalue weighted by molar-refractivity contribution is 5.78. The van der Waals surface area contributed by atoms with Gasteiger partial charge in [0, 0.05) is 13.1 Å². The van der Waals surface area contributed by atoms with Gasteiger partial charge in [-0.3, -0.25) is 4.79 Å². The van der Waals surface area contributed by atoms with Crippen LogP contribution >= 0.6 is 0 Å². The topological polar surface area (TPSA) is 55.3 Å². The van der Waals surface area contributed by atoms with E-state index in [4.69, 9.17) is 4.74 Å². The fourth-order valence-corrected chi connectivity index (χ4v) is 2.42. The van der Waals surface area contributed by atoms with Crippen molar-refractivity contribution in [3.63, 3.8) is 0 Å². The molecule has 1 saturated heterocycles. The maximum absolute atomic E-state index is 14.2. The molecule has 1 aliphatic rings. The van der Waals surface area contributed by atoms with E-state index in [9.17, 15) is 9.18 Å². The first kappa shape index (κ1) is 13.7. The largest absolute Gasteiger partial charge is 0.469 e. The van der Waals surface area contributed by atoms with Crippen LogP contribution in [0.1, 0.15) is 26.0 Å². The van der Waals surface area contributed by atoms with Gasteiger partial charge in [-0.05, 0) is 19.8 Å². The lowest BCUT2D eigenvalue weighted by molar-refractivity contribution is -0.150. The van der Waals surface area contributed by atoms with E-state index in [0.29, 0.717) is 31.6 Å². The van der Waals surface area contributed by atoms with Gasteiger partial charge in [0.2, 0.25) is 0 Å². The van der Waals surface area contributed by atoms with E-state index in [1.807, 2.05) is 13.8 Å². The van der Waals surface area contributed by atoms with E-state index >= 15 is 0 Å². The van der Waals surface area contributed by atoms with Crippen molar-refractivity contribution in [1.29, 1.82) is 0 Å². The minimum Gasteiger partial charge on any atom is -0.469 e. The molecule has 1 aromatic heterocycles. The lowest BCUT2D eigenvalue weighted by Gasteiger charge is -2.22. The summed E-state index contributed by atoms with van der Waals surface area (Å²) in [4.78, 5) is 21.4. The molecule has 0 spiro atoms. The predicted octanol–water partition coefficient (Wildman–Crippen LogP) is 1.57. The molecule has 0 N–H and O–H groups in total. The van der Waals surface area contributed by atoms with Crippen LogP contribution in [0.3, 0.4) is 0 Å². The maximum atomic E-state index is 14.2. The highest BCUT2D eigenvalue weighted by Crippen LogP contribution is 2.34. The third-order valence-corrected chi connectivity index (χ3v) is 3.63. The number of hydrogen-bond donors (Lipinski definition) is 0. The van der Waals surface area contributed by atoms with Crippen LogP contribution in [0.2, 0.25) is 0 Å². The Morgan fingerprint density at radius 2 is 2.32 bits per heavy atom. The standard InChI is InChI=1S/C13H18FN3O2/c1-4-9-10(14)11(16-8-15-9)17-6-5-13(2,7-17)12(18)19-3/h8H,4-7H2,1-3H3. The lowest BCUT2D eigenvalue weighted by Crippen LogP contribution is -2.33. The summed E-state index contributed by atoms with van der Waals surface area (Å²) in [6.45, 7) is 4.68. The molecule has 0 bridgehead atoms. The quantitative estimate of drug-likeness (QED) is 0.778. The first-order chi connectivity index (χ1) is 9.01. The van der Waals surface area contributed by atoms with Crippen molar-refractivity contribution in [2.75, 3.05) is 25.1 Å². The average Bonchev–Trinajstić information content (AvgIpc) is 2.82. The number of ether oxygens (including phenoxy) is 1. The van der Waals surface area contributed by atoms with Gasteiger partial charge in [-0.2, -0.15) is 0 Å². The Morgan fingerprint density at radius 3 is 2.95 bits per heavy atom. The van der Waals surface area contributed by atoms with E-state index in [1.54, 1.807) is 4.90 Å². The zero-order valence-electron chi connectivity index (χ0n) is 11.4. The number of halogens is 1. The second-order valence-electron chi connectivity index (χ2n) is 5.04. The number of rotatable bonds is 3. The fraction of sp³-hybridized carbons (Fsp3) is 0.615. The molecule has 2 rings (SSSR count). The van der Waals surface area contributed by atoms with Crippen LogP contribution in [-0.4, -0.2) is 36.1 Å². The number of anilines is 1. The van der Waals surface area contributed by atoms with Crippen molar-refractivity contribution in [2.24, 2.45) is 5.41 Å². The molecule has 6 heteroatoms. The van der Waals surface area contributed by atoms with Gasteiger partial charge in [-0.15, -0.1) is 0 Å². The minimum atomic E-state index is -0.599. The molecular formula is C13H18FN3O2. The van der Waals surface area contributed by atoms with Gasteiger partial charge in [0.15, 0.2) is 11.6 Å². The zero-order valence-corrected chi connectivity index (χ0v) is 11.4. The molecule has 104 valence electrons. The first-order valence-electron chi connectivity index (χ1n) is 6.34. The molecule has 1 fully saturated rings. The third-order valence-electron chi connectivity index (χ3n) is 3.63. The molecule has 5 nitrogen and oxygen atoms in total. The van der Waals surface area contributed by atoms with Crippen LogP contribution < -0.4 is 4.90 Å². The predicted molar refractivity (Wildman–Crippen MR) is 68.3 cm³/mol. The van der Waals surface area contributed by atoms with Gasteiger partial charge in [-0.25, -0.2) is 14.4 Å². The molecule has 19 heavy (non-hydrogen) atoms. The number of aryl methyl sites for hydroxylation is 1.